The molecule has 1 aromatic rings. The van der Waals surface area contributed by atoms with Crippen molar-refractivity contribution in [1.29, 1.82) is 0 Å². The van der Waals surface area contributed by atoms with Crippen molar-refractivity contribution in [2.45, 2.75) is 19.3 Å². The summed E-state index contributed by atoms with van der Waals surface area (Å²) in [5, 5.41) is 11.1. The van der Waals surface area contributed by atoms with Crippen LogP contribution in [0.4, 0.5) is 5.69 Å². The molecule has 5 heteroatoms. The van der Waals surface area contributed by atoms with E-state index in [2.05, 4.69) is 6.08 Å². The summed E-state index contributed by atoms with van der Waals surface area (Å²) in [4.78, 5) is 26.6. The Labute approximate surface area is 127 Å². The van der Waals surface area contributed by atoms with E-state index in [-0.39, 0.29) is 29.6 Å². The van der Waals surface area contributed by atoms with Gasteiger partial charge in [0.1, 0.15) is 0 Å². The lowest BCUT2D eigenvalue weighted by molar-refractivity contribution is -0.196. The fourth-order valence-corrected chi connectivity index (χ4v) is 4.73. The molecule has 2 heterocycles. The molecule has 0 radical (unpaired) electrons. The van der Waals surface area contributed by atoms with Gasteiger partial charge in [0.15, 0.2) is 0 Å². The van der Waals surface area contributed by atoms with Crippen LogP contribution >= 0.6 is 0 Å². The molecule has 5 nitrogen and oxygen atoms in total. The quantitative estimate of drug-likeness (QED) is 0.583. The van der Waals surface area contributed by atoms with E-state index in [4.69, 9.17) is 4.74 Å². The average molecular weight is 297 g/mol. The van der Waals surface area contributed by atoms with Crippen LogP contribution in [0.1, 0.15) is 22.3 Å². The van der Waals surface area contributed by atoms with Crippen molar-refractivity contribution in [2.24, 2.45) is 23.7 Å². The molecular weight excluding hydrogens is 282 g/mol. The molecule has 1 amide bonds. The van der Waals surface area contributed by atoms with Crippen LogP contribution in [0.3, 0.4) is 0 Å². The van der Waals surface area contributed by atoms with Crippen molar-refractivity contribution in [1.82, 2.24) is 0 Å². The van der Waals surface area contributed by atoms with Gasteiger partial charge in [0.25, 0.3) is 0 Å². The van der Waals surface area contributed by atoms with Gasteiger partial charge in [-0.25, -0.2) is 9.69 Å². The minimum atomic E-state index is -1.84. The third-order valence-electron chi connectivity index (χ3n) is 5.58. The van der Waals surface area contributed by atoms with Crippen molar-refractivity contribution in [2.75, 3.05) is 4.90 Å². The van der Waals surface area contributed by atoms with E-state index in [1.54, 1.807) is 12.1 Å². The Morgan fingerprint density at radius 1 is 1.27 bits per heavy atom. The number of hydrogen-bond acceptors (Lipinski definition) is 4. The lowest BCUT2D eigenvalue weighted by atomic mass is 9.83. The fraction of sp³-hybridized carbons (Fsp3) is 0.412. The van der Waals surface area contributed by atoms with Crippen LogP contribution in [-0.4, -0.2) is 22.9 Å². The van der Waals surface area contributed by atoms with E-state index in [0.717, 1.165) is 12.0 Å². The molecule has 0 unspecified atom stereocenters. The first kappa shape index (κ1) is 12.4. The van der Waals surface area contributed by atoms with Gasteiger partial charge in [-0.2, -0.15) is 0 Å². The standard InChI is InChI=1S/C17H15NO4/c1-8-2-5-12-11(6-8)16(20)22-17(21)14-10-4-3-9(7-10)13(14)15(19)18(12)17/h2-6,9-10,13-14,21H,7H2,1H3/t9-,10+,13-,14-,17-/m0/s1. The van der Waals surface area contributed by atoms with Gasteiger partial charge in [0.05, 0.1) is 23.1 Å². The minimum absolute atomic E-state index is 0.0914. The first-order valence-corrected chi connectivity index (χ1v) is 7.59. The molecule has 5 rings (SSSR count). The molecule has 5 atom stereocenters. The third-order valence-corrected chi connectivity index (χ3v) is 5.58. The highest BCUT2D eigenvalue weighted by Gasteiger charge is 2.70. The average Bonchev–Trinajstić information content (AvgIpc) is 3.13. The summed E-state index contributed by atoms with van der Waals surface area (Å²) in [6.45, 7) is 1.87. The molecule has 1 saturated heterocycles. The van der Waals surface area contributed by atoms with Gasteiger partial charge < -0.3 is 9.84 Å². The van der Waals surface area contributed by atoms with Gasteiger partial charge in [0.2, 0.25) is 5.91 Å². The van der Waals surface area contributed by atoms with Crippen molar-refractivity contribution >= 4 is 17.6 Å². The number of benzene rings is 1. The first-order valence-electron chi connectivity index (χ1n) is 7.59. The van der Waals surface area contributed by atoms with E-state index >= 15 is 0 Å². The van der Waals surface area contributed by atoms with Crippen LogP contribution in [0.5, 0.6) is 0 Å². The van der Waals surface area contributed by atoms with E-state index in [1.165, 1.54) is 4.90 Å². The summed E-state index contributed by atoms with van der Waals surface area (Å²) in [5.74, 6) is -2.96. The summed E-state index contributed by atoms with van der Waals surface area (Å²) in [5.41, 5.74) is 1.72. The van der Waals surface area contributed by atoms with Gasteiger partial charge in [0, 0.05) is 0 Å². The second-order valence-electron chi connectivity index (χ2n) is 6.74. The SMILES string of the molecule is Cc1ccc2c(c1)C(=O)O[C@@]1(O)[C@@H]3[C@@H](C(=O)N21)[C@H]1C=C[C@@H]3C1. The number of fused-ring (bicyclic) bond motifs is 9. The monoisotopic (exact) mass is 297 g/mol. The first-order chi connectivity index (χ1) is 10.5. The van der Waals surface area contributed by atoms with Crippen LogP contribution in [0, 0.1) is 30.6 Å². The molecular formula is C17H15NO4. The summed E-state index contributed by atoms with van der Waals surface area (Å²) < 4.78 is 5.40. The Morgan fingerprint density at radius 3 is 2.86 bits per heavy atom. The molecule has 2 bridgehead atoms. The van der Waals surface area contributed by atoms with Crippen molar-refractivity contribution < 1.29 is 19.4 Å². The number of anilines is 1. The van der Waals surface area contributed by atoms with Crippen molar-refractivity contribution in [3.8, 4) is 0 Å². The maximum atomic E-state index is 12.9. The second kappa shape index (κ2) is 3.60. The summed E-state index contributed by atoms with van der Waals surface area (Å²) in [7, 11) is 0. The molecule has 2 aliphatic heterocycles. The number of carbonyl (C=O) groups is 2. The Morgan fingerprint density at radius 2 is 2.05 bits per heavy atom. The van der Waals surface area contributed by atoms with Crippen LogP contribution in [0.15, 0.2) is 30.4 Å². The Balaban J connectivity index is 1.73. The highest BCUT2D eigenvalue weighted by molar-refractivity contribution is 6.08. The predicted octanol–water partition coefficient (Wildman–Crippen LogP) is 1.60. The smallest absolute Gasteiger partial charge is 0.344 e. The Hall–Kier alpha value is -2.14. The second-order valence-corrected chi connectivity index (χ2v) is 6.74. The zero-order chi connectivity index (χ0) is 15.2. The van der Waals surface area contributed by atoms with Crippen LogP contribution in [0.2, 0.25) is 0 Å². The summed E-state index contributed by atoms with van der Waals surface area (Å²) in [6.07, 6.45) is 4.96. The van der Waals surface area contributed by atoms with Gasteiger partial charge >= 0.3 is 11.9 Å². The molecule has 112 valence electrons. The van der Waals surface area contributed by atoms with E-state index in [0.29, 0.717) is 11.3 Å². The maximum Gasteiger partial charge on any atom is 0.344 e. The van der Waals surface area contributed by atoms with E-state index in [1.807, 2.05) is 19.1 Å². The lowest BCUT2D eigenvalue weighted by Gasteiger charge is -2.41. The molecule has 22 heavy (non-hydrogen) atoms. The molecule has 4 aliphatic rings. The van der Waals surface area contributed by atoms with Crippen molar-refractivity contribution in [3.63, 3.8) is 0 Å². The van der Waals surface area contributed by atoms with Gasteiger partial charge in [-0.15, -0.1) is 0 Å². The number of ether oxygens (including phenoxy) is 1. The van der Waals surface area contributed by atoms with Gasteiger partial charge in [-0.05, 0) is 37.3 Å². The van der Waals surface area contributed by atoms with Crippen molar-refractivity contribution in [3.05, 3.63) is 41.5 Å². The van der Waals surface area contributed by atoms with E-state index in [9.17, 15) is 14.7 Å². The van der Waals surface area contributed by atoms with Crippen LogP contribution < -0.4 is 4.90 Å². The topological polar surface area (TPSA) is 66.8 Å². The lowest BCUT2D eigenvalue weighted by Crippen LogP contribution is -2.57. The number of amides is 1. The minimum Gasteiger partial charge on any atom is -0.409 e. The number of esters is 1. The van der Waals surface area contributed by atoms with Crippen LogP contribution in [0.25, 0.3) is 0 Å². The fourth-order valence-electron chi connectivity index (χ4n) is 4.73. The maximum absolute atomic E-state index is 12.9. The highest BCUT2D eigenvalue weighted by Crippen LogP contribution is 2.60. The highest BCUT2D eigenvalue weighted by atomic mass is 16.7. The summed E-state index contributed by atoms with van der Waals surface area (Å²) >= 11 is 0. The normalized spacial score (nSPS) is 40.5. The molecule has 2 aliphatic carbocycles. The number of aryl methyl sites for hydroxylation is 1. The molecule has 1 saturated carbocycles. The Kier molecular flexibility index (Phi) is 2.03. The van der Waals surface area contributed by atoms with Gasteiger partial charge in [-0.1, -0.05) is 23.8 Å². The van der Waals surface area contributed by atoms with Crippen LogP contribution in [-0.2, 0) is 9.53 Å². The molecule has 2 fully saturated rings. The molecule has 1 N–H and O–H groups in total. The number of nitrogens with zero attached hydrogens (tertiary/aromatic N) is 1. The zero-order valence-corrected chi connectivity index (χ0v) is 12.0. The number of hydrogen-bond donors (Lipinski definition) is 1. The number of allylic oxidation sites excluding steroid dienone is 2. The molecule has 0 aromatic heterocycles. The number of aliphatic hydroxyl groups is 1. The largest absolute Gasteiger partial charge is 0.409 e. The Bertz CT molecular complexity index is 770. The number of carbonyl (C=O) groups excluding carboxylic acids is 2. The van der Waals surface area contributed by atoms with Gasteiger partial charge in [-0.3, -0.25) is 4.79 Å². The molecule has 1 aromatic carbocycles. The zero-order valence-electron chi connectivity index (χ0n) is 12.0. The molecule has 0 spiro atoms. The number of rotatable bonds is 0. The summed E-state index contributed by atoms with van der Waals surface area (Å²) in [6, 6.07) is 5.27. The van der Waals surface area contributed by atoms with E-state index < -0.39 is 11.9 Å². The third kappa shape index (κ3) is 1.21. The predicted molar refractivity (Wildman–Crippen MR) is 76.7 cm³/mol.